The van der Waals surface area contributed by atoms with E-state index in [0.717, 1.165) is 29.6 Å². The van der Waals surface area contributed by atoms with Crippen LogP contribution in [0.5, 0.6) is 0 Å². The summed E-state index contributed by atoms with van der Waals surface area (Å²) in [6, 6.07) is 14.0. The molecule has 15 nitrogen and oxygen atoms in total. The van der Waals surface area contributed by atoms with E-state index in [-0.39, 0.29) is 33.9 Å². The van der Waals surface area contributed by atoms with Gasteiger partial charge < -0.3 is 35.0 Å². The number of pyridine rings is 4. The predicted octanol–water partition coefficient (Wildman–Crippen LogP) is 4.82. The van der Waals surface area contributed by atoms with Gasteiger partial charge in [-0.2, -0.15) is 11.8 Å². The van der Waals surface area contributed by atoms with Crippen molar-refractivity contribution in [2.24, 2.45) is 0 Å². The van der Waals surface area contributed by atoms with E-state index in [1.54, 1.807) is 82.7 Å². The number of hydrogen-bond donors (Lipinski definition) is 2. The normalized spacial score (nSPS) is 14.0. The summed E-state index contributed by atoms with van der Waals surface area (Å²) in [5, 5.41) is 6.21. The molecule has 0 aliphatic carbocycles. The molecule has 6 rings (SSSR count). The van der Waals surface area contributed by atoms with Crippen molar-refractivity contribution < 1.29 is 23.9 Å². The molecule has 2 saturated heterocycles. The van der Waals surface area contributed by atoms with Gasteiger partial charge in [0.2, 0.25) is 0 Å². The number of amides is 4. The fraction of sp³-hybridized carbons (Fsp3) is 0.415. The van der Waals surface area contributed by atoms with Crippen LogP contribution < -0.4 is 20.4 Å². The Labute approximate surface area is 359 Å². The summed E-state index contributed by atoms with van der Waals surface area (Å²) in [4.78, 5) is 74.1. The first-order valence-corrected chi connectivity index (χ1v) is 21.5. The van der Waals surface area contributed by atoms with Crippen LogP contribution in [0.4, 0.5) is 11.6 Å². The van der Waals surface area contributed by atoms with Crippen LogP contribution in [-0.4, -0.2) is 144 Å². The average Bonchev–Trinajstić information content (AvgIpc) is 3.28. The quantitative estimate of drug-likeness (QED) is 0.124. The fourth-order valence-corrected chi connectivity index (χ4v) is 7.17. The van der Waals surface area contributed by atoms with Crippen molar-refractivity contribution in [3.8, 4) is 0 Å². The molecule has 2 aliphatic rings. The monoisotopic (exact) mass is 864 g/mol. The lowest BCUT2D eigenvalue weighted by atomic mass is 10.2. The van der Waals surface area contributed by atoms with Crippen LogP contribution in [0.1, 0.15) is 61.7 Å². The van der Waals surface area contributed by atoms with Gasteiger partial charge in [0.05, 0.1) is 22.3 Å². The Bertz CT molecular complexity index is 1980. The second-order valence-electron chi connectivity index (χ2n) is 13.3. The Morgan fingerprint density at radius 2 is 1.14 bits per heavy atom. The summed E-state index contributed by atoms with van der Waals surface area (Å²) in [6.07, 6.45) is 7.09. The van der Waals surface area contributed by atoms with E-state index in [1.165, 1.54) is 0 Å². The Hall–Kier alpha value is -5.03. The van der Waals surface area contributed by atoms with Gasteiger partial charge >= 0.3 is 0 Å². The zero-order valence-corrected chi connectivity index (χ0v) is 35.6. The van der Waals surface area contributed by atoms with Gasteiger partial charge in [-0.05, 0) is 67.6 Å². The minimum Gasteiger partial charge on any atom is -0.382 e. The number of hydrogen-bond acceptors (Lipinski definition) is 12. The molecule has 0 radical (unpaired) electrons. The Balaban J connectivity index is 0.000000224. The average molecular weight is 866 g/mol. The molecule has 59 heavy (non-hydrogen) atoms. The summed E-state index contributed by atoms with van der Waals surface area (Å²) in [7, 11) is 0. The molecule has 0 saturated carbocycles. The van der Waals surface area contributed by atoms with Crippen molar-refractivity contribution in [2.75, 3.05) is 100.0 Å². The van der Waals surface area contributed by atoms with Gasteiger partial charge in [-0.3, -0.25) is 19.2 Å². The van der Waals surface area contributed by atoms with Crippen molar-refractivity contribution in [3.05, 3.63) is 106 Å². The van der Waals surface area contributed by atoms with Crippen molar-refractivity contribution >= 4 is 70.2 Å². The Morgan fingerprint density at radius 1 is 0.661 bits per heavy atom. The van der Waals surface area contributed by atoms with E-state index >= 15 is 0 Å². The number of carbonyl (C=O) groups excluding carboxylic acids is 4. The molecule has 2 fully saturated rings. The fourth-order valence-electron chi connectivity index (χ4n) is 6.23. The molecule has 314 valence electrons. The van der Waals surface area contributed by atoms with E-state index in [4.69, 9.17) is 27.9 Å². The number of anilines is 2. The number of rotatable bonds is 15. The maximum absolute atomic E-state index is 12.6. The molecule has 6 heterocycles. The molecule has 4 amide bonds. The molecule has 4 aromatic rings. The molecule has 0 unspecified atom stereocenters. The van der Waals surface area contributed by atoms with Crippen LogP contribution in [-0.2, 0) is 4.74 Å². The van der Waals surface area contributed by atoms with Gasteiger partial charge in [0.1, 0.15) is 21.9 Å². The summed E-state index contributed by atoms with van der Waals surface area (Å²) in [6.45, 7) is 11.5. The zero-order valence-electron chi connectivity index (χ0n) is 33.3. The molecular weight excluding hydrogens is 815 g/mol. The molecule has 0 atom stereocenters. The second-order valence-corrected chi connectivity index (χ2v) is 15.4. The van der Waals surface area contributed by atoms with Crippen molar-refractivity contribution in [1.82, 2.24) is 40.4 Å². The van der Waals surface area contributed by atoms with Crippen LogP contribution in [0.3, 0.4) is 0 Å². The molecule has 0 bridgehead atoms. The lowest BCUT2D eigenvalue weighted by molar-refractivity contribution is 0.0738. The Kier molecular flexibility index (Phi) is 18.0. The number of nitrogens with one attached hydrogen (secondary N) is 2. The lowest BCUT2D eigenvalue weighted by Gasteiger charge is -2.35. The highest BCUT2D eigenvalue weighted by Crippen LogP contribution is 2.20. The van der Waals surface area contributed by atoms with Gasteiger partial charge in [0, 0.05) is 109 Å². The van der Waals surface area contributed by atoms with Crippen LogP contribution in [0.15, 0.2) is 73.3 Å². The van der Waals surface area contributed by atoms with Crippen LogP contribution >= 0.6 is 35.0 Å². The van der Waals surface area contributed by atoms with Gasteiger partial charge in [-0.1, -0.05) is 30.1 Å². The van der Waals surface area contributed by atoms with Crippen LogP contribution in [0.2, 0.25) is 10.3 Å². The third kappa shape index (κ3) is 13.2. The van der Waals surface area contributed by atoms with Gasteiger partial charge in [0.15, 0.2) is 0 Å². The number of carbonyl (C=O) groups is 4. The number of ether oxygens (including phenoxy) is 1. The first-order chi connectivity index (χ1) is 28.7. The first-order valence-electron chi connectivity index (χ1n) is 19.6. The van der Waals surface area contributed by atoms with Crippen molar-refractivity contribution in [2.45, 2.75) is 20.3 Å². The third-order valence-electron chi connectivity index (χ3n) is 9.47. The number of piperazine rings is 2. The smallest absolute Gasteiger partial charge is 0.257 e. The Morgan fingerprint density at radius 3 is 1.54 bits per heavy atom. The van der Waals surface area contributed by atoms with Gasteiger partial charge in [-0.25, -0.2) is 19.9 Å². The lowest BCUT2D eigenvalue weighted by Crippen LogP contribution is -2.49. The van der Waals surface area contributed by atoms with Crippen molar-refractivity contribution in [1.29, 1.82) is 0 Å². The van der Waals surface area contributed by atoms with Gasteiger partial charge in [-0.15, -0.1) is 0 Å². The highest BCUT2D eigenvalue weighted by atomic mass is 35.5. The van der Waals surface area contributed by atoms with E-state index < -0.39 is 0 Å². The number of aromatic nitrogens is 4. The minimum atomic E-state index is -0.144. The highest BCUT2D eigenvalue weighted by Gasteiger charge is 2.26. The summed E-state index contributed by atoms with van der Waals surface area (Å²) >= 11 is 13.9. The van der Waals surface area contributed by atoms with Gasteiger partial charge in [0.25, 0.3) is 23.6 Å². The number of nitrogens with zero attached hydrogens (tertiary/aromatic N) is 8. The molecule has 0 spiro atoms. The predicted molar refractivity (Wildman–Crippen MR) is 232 cm³/mol. The second kappa shape index (κ2) is 23.5. The molecular formula is C41H50Cl2N10O5S. The van der Waals surface area contributed by atoms with Crippen molar-refractivity contribution in [3.63, 3.8) is 0 Å². The molecule has 4 aromatic heterocycles. The molecule has 2 N–H and O–H groups in total. The highest BCUT2D eigenvalue weighted by molar-refractivity contribution is 7.99. The zero-order chi connectivity index (χ0) is 42.0. The van der Waals surface area contributed by atoms with E-state index in [1.807, 2.05) is 19.1 Å². The van der Waals surface area contributed by atoms with E-state index in [9.17, 15) is 19.2 Å². The molecule has 0 aromatic carbocycles. The van der Waals surface area contributed by atoms with E-state index in [0.29, 0.717) is 101 Å². The summed E-state index contributed by atoms with van der Waals surface area (Å²) < 4.78 is 5.25. The maximum atomic E-state index is 12.6. The largest absolute Gasteiger partial charge is 0.382 e. The SMILES string of the molecule is CCOCCCNC(=O)c1ccc(N2CCN(C(=O)c3cccnc3Cl)CC2)nc1.CCSCCNC(=O)c1ccc(N2CCN(C(=O)c3cccnc3Cl)CC2)nc1. The molecule has 18 heteroatoms. The number of thioether (sulfide) groups is 1. The molecule has 2 aliphatic heterocycles. The maximum Gasteiger partial charge on any atom is 0.257 e. The number of halogens is 2. The van der Waals surface area contributed by atoms with E-state index in [2.05, 4.69) is 47.3 Å². The van der Waals surface area contributed by atoms with Crippen LogP contribution in [0.25, 0.3) is 0 Å². The topological polar surface area (TPSA) is 166 Å². The summed E-state index contributed by atoms with van der Waals surface area (Å²) in [5.41, 5.74) is 1.92. The summed E-state index contributed by atoms with van der Waals surface area (Å²) in [5.74, 6) is 3.06. The third-order valence-corrected chi connectivity index (χ3v) is 11.0. The first kappa shape index (κ1) is 45.1. The van der Waals surface area contributed by atoms with Crippen LogP contribution in [0, 0.1) is 0 Å². The standard InChI is InChI=1S/C21H26ClN5O3.C20H24ClN5O2S/c1-2-30-14-4-9-24-20(28)16-6-7-18(25-15-16)26-10-12-27(13-11-26)21(29)17-5-3-8-23-19(17)22;1-2-29-13-8-23-19(27)15-5-6-17(24-14-15)25-9-11-26(12-10-25)20(28)16-4-3-7-22-18(16)21/h3,5-8,15H,2,4,9-14H2,1H3,(H,24,28);3-7,14H,2,8-13H2,1H3,(H,23,27). The minimum absolute atomic E-state index is 0.107.